The van der Waals surface area contributed by atoms with Crippen LogP contribution in [0.2, 0.25) is 0 Å². The van der Waals surface area contributed by atoms with Crippen molar-refractivity contribution in [2.75, 3.05) is 13.2 Å². The molecule has 1 aliphatic heterocycles. The Kier molecular flexibility index (Phi) is 26.0. The molecule has 1 fully saturated rings. The van der Waals surface area contributed by atoms with Crippen molar-refractivity contribution in [3.05, 3.63) is 0 Å². The maximum absolute atomic E-state index is 12.9. The van der Waals surface area contributed by atoms with Crippen molar-refractivity contribution in [2.45, 2.75) is 206 Å². The summed E-state index contributed by atoms with van der Waals surface area (Å²) in [6.45, 7) is 6.15. The van der Waals surface area contributed by atoms with Crippen LogP contribution < -0.4 is 5.32 Å². The first-order chi connectivity index (χ1) is 21.5. The molecule has 1 saturated heterocycles. The highest BCUT2D eigenvalue weighted by atomic mass is 16.7. The van der Waals surface area contributed by atoms with E-state index in [4.69, 9.17) is 14.2 Å². The second kappa shape index (κ2) is 28.0. The van der Waals surface area contributed by atoms with Crippen molar-refractivity contribution >= 4 is 11.9 Å². The summed E-state index contributed by atoms with van der Waals surface area (Å²) in [6.07, 6.45) is 22.7. The molecule has 1 amide bonds. The number of ether oxygens (including phenoxy) is 3. The molecule has 0 saturated carbocycles. The van der Waals surface area contributed by atoms with Crippen LogP contribution in [0.1, 0.15) is 175 Å². The largest absolute Gasteiger partial charge is 0.457 e. The Morgan fingerprint density at radius 3 is 1.52 bits per heavy atom. The van der Waals surface area contributed by atoms with E-state index in [1.54, 1.807) is 6.92 Å². The predicted octanol–water partition coefficient (Wildman–Crippen LogP) is 7.90. The van der Waals surface area contributed by atoms with E-state index in [2.05, 4.69) is 19.2 Å². The van der Waals surface area contributed by atoms with Gasteiger partial charge >= 0.3 is 5.97 Å². The van der Waals surface area contributed by atoms with Crippen LogP contribution in [-0.4, -0.2) is 65.9 Å². The van der Waals surface area contributed by atoms with Crippen LogP contribution in [0.15, 0.2) is 0 Å². The van der Waals surface area contributed by atoms with Gasteiger partial charge in [0.2, 0.25) is 5.91 Å². The topological polar surface area (TPSA) is 114 Å². The average molecular weight is 628 g/mol. The van der Waals surface area contributed by atoms with Gasteiger partial charge in [0.1, 0.15) is 18.2 Å². The molecule has 0 aromatic carbocycles. The second-order valence-corrected chi connectivity index (χ2v) is 12.8. The van der Waals surface area contributed by atoms with Crippen LogP contribution in [0, 0.1) is 0 Å². The smallest absolute Gasteiger partial charge is 0.306 e. The molecule has 0 aliphatic carbocycles. The van der Waals surface area contributed by atoms with Crippen LogP contribution in [-0.2, 0) is 23.8 Å². The van der Waals surface area contributed by atoms with Gasteiger partial charge in [-0.05, 0) is 19.8 Å². The molecule has 1 aliphatic rings. The van der Waals surface area contributed by atoms with Crippen molar-refractivity contribution in [1.82, 2.24) is 5.32 Å². The first-order valence-corrected chi connectivity index (χ1v) is 18.5. The summed E-state index contributed by atoms with van der Waals surface area (Å²) in [7, 11) is 0. The van der Waals surface area contributed by atoms with Crippen LogP contribution >= 0.6 is 0 Å². The predicted molar refractivity (Wildman–Crippen MR) is 177 cm³/mol. The first kappa shape index (κ1) is 40.8. The molecule has 0 aromatic rings. The summed E-state index contributed by atoms with van der Waals surface area (Å²) >= 11 is 0. The van der Waals surface area contributed by atoms with Gasteiger partial charge in [-0.25, -0.2) is 0 Å². The molecule has 44 heavy (non-hydrogen) atoms. The molecule has 0 bridgehead atoms. The van der Waals surface area contributed by atoms with E-state index >= 15 is 0 Å². The van der Waals surface area contributed by atoms with Gasteiger partial charge in [0.15, 0.2) is 12.4 Å². The number of aliphatic hydroxyl groups excluding tert-OH is 2. The number of nitrogens with one attached hydrogen (secondary N) is 1. The average Bonchev–Trinajstić information content (AvgIpc) is 3.01. The molecule has 8 nitrogen and oxygen atoms in total. The molecule has 0 spiro atoms. The van der Waals surface area contributed by atoms with E-state index in [1.165, 1.54) is 103 Å². The Labute approximate surface area is 269 Å². The van der Waals surface area contributed by atoms with Gasteiger partial charge in [-0.1, -0.05) is 142 Å². The number of esters is 1. The number of hydrogen-bond donors (Lipinski definition) is 3. The number of aliphatic hydroxyl groups is 2. The fraction of sp³-hybridized carbons (Fsp3) is 0.944. The van der Waals surface area contributed by atoms with Crippen LogP contribution in [0.3, 0.4) is 0 Å². The van der Waals surface area contributed by atoms with Crippen molar-refractivity contribution in [2.24, 2.45) is 0 Å². The molecular weight excluding hydrogens is 558 g/mol. The minimum absolute atomic E-state index is 0.180. The number of hydrogen-bond acceptors (Lipinski definition) is 7. The van der Waals surface area contributed by atoms with Crippen molar-refractivity contribution in [1.29, 1.82) is 0 Å². The Balaban J connectivity index is 2.44. The minimum atomic E-state index is -1.27. The third-order valence-electron chi connectivity index (χ3n) is 8.77. The standard InChI is InChI=1S/C36H69NO7/c1-4-7-9-11-13-15-17-19-21-23-25-27-31(39)37-33-35(34(41)30(29-38)43-36(33)42-6-3)44-32(40)28-26-24-22-20-18-16-14-12-10-8-5-2/h30,33-36,38,41H,4-29H2,1-3H3,(H,37,39)/t30-,33-,34-,35-,36+/m1/s1. The van der Waals surface area contributed by atoms with Crippen molar-refractivity contribution in [3.63, 3.8) is 0 Å². The van der Waals surface area contributed by atoms with E-state index in [1.807, 2.05) is 0 Å². The highest BCUT2D eigenvalue weighted by molar-refractivity contribution is 5.76. The summed E-state index contributed by atoms with van der Waals surface area (Å²) in [4.78, 5) is 25.7. The number of unbranched alkanes of at least 4 members (excludes halogenated alkanes) is 20. The first-order valence-electron chi connectivity index (χ1n) is 18.5. The van der Waals surface area contributed by atoms with E-state index in [9.17, 15) is 19.8 Å². The molecule has 3 N–H and O–H groups in total. The minimum Gasteiger partial charge on any atom is -0.457 e. The summed E-state index contributed by atoms with van der Waals surface area (Å²) in [5.74, 6) is -0.594. The zero-order valence-electron chi connectivity index (χ0n) is 28.7. The molecule has 5 atom stereocenters. The number of carbonyl (C=O) groups is 2. The lowest BCUT2D eigenvalue weighted by Gasteiger charge is -2.43. The summed E-state index contributed by atoms with van der Waals surface area (Å²) in [5.41, 5.74) is 0. The lowest BCUT2D eigenvalue weighted by atomic mass is 9.96. The Bertz CT molecular complexity index is 651. The third-order valence-corrected chi connectivity index (χ3v) is 8.77. The van der Waals surface area contributed by atoms with E-state index in [0.717, 1.165) is 38.5 Å². The second-order valence-electron chi connectivity index (χ2n) is 12.8. The molecule has 8 heteroatoms. The van der Waals surface area contributed by atoms with Crippen molar-refractivity contribution in [3.8, 4) is 0 Å². The van der Waals surface area contributed by atoms with Gasteiger partial charge in [0.05, 0.1) is 6.61 Å². The summed E-state index contributed by atoms with van der Waals surface area (Å²) in [6, 6.07) is -0.853. The molecule has 260 valence electrons. The molecule has 0 unspecified atom stereocenters. The SMILES string of the molecule is CCCCCCCCCCCCCC(=O)N[C@H]1[C@@H](OCC)O[C@H](CO)[C@@H](O)[C@@H]1OC(=O)CCCCCCCCCCCCC. The zero-order chi connectivity index (χ0) is 32.3. The summed E-state index contributed by atoms with van der Waals surface area (Å²) < 4.78 is 17.2. The van der Waals surface area contributed by atoms with Crippen LogP contribution in [0.25, 0.3) is 0 Å². The third kappa shape index (κ3) is 19.3. The molecule has 1 rings (SSSR count). The monoisotopic (exact) mass is 628 g/mol. The lowest BCUT2D eigenvalue weighted by Crippen LogP contribution is -2.65. The Hall–Kier alpha value is -1.22. The molecule has 0 radical (unpaired) electrons. The van der Waals surface area contributed by atoms with Gasteiger partial charge in [-0.2, -0.15) is 0 Å². The van der Waals surface area contributed by atoms with Gasteiger partial charge in [-0.3, -0.25) is 9.59 Å². The highest BCUT2D eigenvalue weighted by Crippen LogP contribution is 2.26. The fourth-order valence-corrected chi connectivity index (χ4v) is 6.02. The van der Waals surface area contributed by atoms with Gasteiger partial charge in [0.25, 0.3) is 0 Å². The quantitative estimate of drug-likeness (QED) is 0.0570. The number of carbonyl (C=O) groups excluding carboxylic acids is 2. The van der Waals surface area contributed by atoms with Crippen LogP contribution in [0.4, 0.5) is 0 Å². The van der Waals surface area contributed by atoms with E-state index in [0.29, 0.717) is 13.0 Å². The highest BCUT2D eigenvalue weighted by Gasteiger charge is 2.48. The van der Waals surface area contributed by atoms with E-state index in [-0.39, 0.29) is 12.3 Å². The van der Waals surface area contributed by atoms with E-state index < -0.39 is 43.2 Å². The Morgan fingerprint density at radius 1 is 0.659 bits per heavy atom. The normalized spacial score (nSPS) is 21.8. The molecule has 0 aromatic heterocycles. The maximum Gasteiger partial charge on any atom is 0.306 e. The fourth-order valence-electron chi connectivity index (χ4n) is 6.02. The molecular formula is C36H69NO7. The van der Waals surface area contributed by atoms with Gasteiger partial charge in [0, 0.05) is 19.4 Å². The summed E-state index contributed by atoms with van der Waals surface area (Å²) in [5, 5.41) is 23.6. The lowest BCUT2D eigenvalue weighted by molar-refractivity contribution is -0.272. The number of rotatable bonds is 29. The Morgan fingerprint density at radius 2 is 1.09 bits per heavy atom. The van der Waals surface area contributed by atoms with Crippen molar-refractivity contribution < 1.29 is 34.0 Å². The zero-order valence-corrected chi connectivity index (χ0v) is 28.7. The maximum atomic E-state index is 12.9. The van der Waals surface area contributed by atoms with Gasteiger partial charge in [-0.15, -0.1) is 0 Å². The van der Waals surface area contributed by atoms with Crippen LogP contribution in [0.5, 0.6) is 0 Å². The molecule has 1 heterocycles. The van der Waals surface area contributed by atoms with Gasteiger partial charge < -0.3 is 29.7 Å². The number of amides is 1.